The summed E-state index contributed by atoms with van der Waals surface area (Å²) in [5, 5.41) is 13.4. The zero-order valence-corrected chi connectivity index (χ0v) is 12.6. The van der Waals surface area contributed by atoms with Crippen LogP contribution in [0.5, 0.6) is 0 Å². The molecule has 0 unspecified atom stereocenters. The second-order valence-electron chi connectivity index (χ2n) is 4.25. The molecule has 2 heterocycles. The zero-order valence-electron chi connectivity index (χ0n) is 11.8. The van der Waals surface area contributed by atoms with Crippen LogP contribution in [-0.4, -0.2) is 38.4 Å². The molecule has 0 spiro atoms. The van der Waals surface area contributed by atoms with Crippen LogP contribution in [-0.2, 0) is 13.6 Å². The number of nitrogens with one attached hydrogen (secondary N) is 2. The minimum absolute atomic E-state index is 0.144. The average molecular weight is 311 g/mol. The Kier molecular flexibility index (Phi) is 4.27. The summed E-state index contributed by atoms with van der Waals surface area (Å²) >= 11 is 5.92. The smallest absolute Gasteiger partial charge is 0.275 e. The van der Waals surface area contributed by atoms with E-state index < -0.39 is 5.91 Å². The number of hydrogen-bond acceptors (Lipinski definition) is 4. The van der Waals surface area contributed by atoms with Gasteiger partial charge in [0.05, 0.1) is 16.9 Å². The van der Waals surface area contributed by atoms with E-state index in [1.807, 2.05) is 6.92 Å². The number of carbonyl (C=O) groups is 2. The van der Waals surface area contributed by atoms with Gasteiger partial charge in [-0.25, -0.2) is 0 Å². The van der Waals surface area contributed by atoms with E-state index in [1.54, 1.807) is 17.9 Å². The van der Waals surface area contributed by atoms with Crippen LogP contribution in [0.1, 0.15) is 27.9 Å². The summed E-state index contributed by atoms with van der Waals surface area (Å²) in [6, 6.07) is 0. The van der Waals surface area contributed by atoms with E-state index in [-0.39, 0.29) is 22.3 Å². The largest absolute Gasteiger partial charge is 0.354 e. The van der Waals surface area contributed by atoms with Crippen LogP contribution >= 0.6 is 11.6 Å². The fourth-order valence-electron chi connectivity index (χ4n) is 1.81. The molecule has 2 N–H and O–H groups in total. The van der Waals surface area contributed by atoms with E-state index in [9.17, 15) is 9.59 Å². The molecule has 112 valence electrons. The van der Waals surface area contributed by atoms with E-state index in [1.165, 1.54) is 17.9 Å². The van der Waals surface area contributed by atoms with E-state index in [2.05, 4.69) is 20.8 Å². The van der Waals surface area contributed by atoms with Crippen molar-refractivity contribution in [2.45, 2.75) is 13.5 Å². The quantitative estimate of drug-likeness (QED) is 0.877. The van der Waals surface area contributed by atoms with E-state index in [0.29, 0.717) is 12.2 Å². The van der Waals surface area contributed by atoms with Gasteiger partial charge >= 0.3 is 0 Å². The Bertz CT molecular complexity index is 670. The first kappa shape index (κ1) is 15.0. The number of rotatable bonds is 4. The van der Waals surface area contributed by atoms with Gasteiger partial charge in [0, 0.05) is 26.8 Å². The van der Waals surface area contributed by atoms with Crippen molar-refractivity contribution in [3.8, 4) is 0 Å². The molecular formula is C12H15ClN6O2. The summed E-state index contributed by atoms with van der Waals surface area (Å²) in [6.07, 6.45) is 2.97. The minimum Gasteiger partial charge on any atom is -0.354 e. The summed E-state index contributed by atoms with van der Waals surface area (Å²) in [5.74, 6) is -0.839. The monoisotopic (exact) mass is 310 g/mol. The SMILES string of the molecule is CCn1cc(NC(=O)c2c(Cl)cnn2C)c(C(=O)NC)n1. The van der Waals surface area contributed by atoms with E-state index in [4.69, 9.17) is 11.6 Å². The highest BCUT2D eigenvalue weighted by molar-refractivity contribution is 6.34. The molecule has 2 aromatic heterocycles. The van der Waals surface area contributed by atoms with Crippen LogP contribution in [0, 0.1) is 0 Å². The molecule has 21 heavy (non-hydrogen) atoms. The number of aromatic nitrogens is 4. The number of nitrogens with zero attached hydrogens (tertiary/aromatic N) is 4. The molecule has 0 aliphatic carbocycles. The van der Waals surface area contributed by atoms with Gasteiger partial charge < -0.3 is 10.6 Å². The predicted octanol–water partition coefficient (Wildman–Crippen LogP) is 0.902. The Hall–Kier alpha value is -2.35. The van der Waals surface area contributed by atoms with Gasteiger partial charge in [-0.1, -0.05) is 11.6 Å². The van der Waals surface area contributed by atoms with Crippen LogP contribution in [0.2, 0.25) is 5.02 Å². The van der Waals surface area contributed by atoms with Crippen molar-refractivity contribution in [3.05, 3.63) is 28.8 Å². The maximum atomic E-state index is 12.3. The first-order valence-corrected chi connectivity index (χ1v) is 6.64. The standard InChI is InChI=1S/C12H15ClN6O2/c1-4-19-6-8(9(17-19)11(20)14-2)16-12(21)10-7(13)5-15-18(10)3/h5-6H,4H2,1-3H3,(H,14,20)(H,16,21). The number of anilines is 1. The molecule has 0 aromatic carbocycles. The van der Waals surface area contributed by atoms with Gasteiger partial charge in [0.1, 0.15) is 5.69 Å². The molecule has 9 heteroatoms. The van der Waals surface area contributed by atoms with Crippen LogP contribution in [0.4, 0.5) is 5.69 Å². The molecule has 0 bridgehead atoms. The van der Waals surface area contributed by atoms with Crippen molar-refractivity contribution in [1.29, 1.82) is 0 Å². The Labute approximate surface area is 126 Å². The van der Waals surface area contributed by atoms with Gasteiger partial charge in [-0.15, -0.1) is 0 Å². The molecule has 8 nitrogen and oxygen atoms in total. The number of hydrogen-bond donors (Lipinski definition) is 2. The molecule has 0 radical (unpaired) electrons. The Morgan fingerprint density at radius 2 is 2.10 bits per heavy atom. The summed E-state index contributed by atoms with van der Waals surface area (Å²) in [7, 11) is 3.10. The minimum atomic E-state index is -0.458. The van der Waals surface area contributed by atoms with Gasteiger partial charge in [-0.2, -0.15) is 10.2 Å². The fraction of sp³-hybridized carbons (Fsp3) is 0.333. The van der Waals surface area contributed by atoms with Crippen molar-refractivity contribution in [3.63, 3.8) is 0 Å². The van der Waals surface area contributed by atoms with Crippen LogP contribution in [0.25, 0.3) is 0 Å². The molecule has 0 aliphatic rings. The molecule has 0 saturated carbocycles. The maximum absolute atomic E-state index is 12.3. The van der Waals surface area contributed by atoms with Crippen molar-refractivity contribution >= 4 is 29.1 Å². The lowest BCUT2D eigenvalue weighted by molar-refractivity contribution is 0.0958. The summed E-state index contributed by atoms with van der Waals surface area (Å²) < 4.78 is 2.92. The third-order valence-corrected chi connectivity index (χ3v) is 3.16. The van der Waals surface area contributed by atoms with E-state index in [0.717, 1.165) is 0 Å². The third kappa shape index (κ3) is 2.89. The highest BCUT2D eigenvalue weighted by Gasteiger charge is 2.21. The topological polar surface area (TPSA) is 93.8 Å². The summed E-state index contributed by atoms with van der Waals surface area (Å²) in [5.41, 5.74) is 0.674. The maximum Gasteiger partial charge on any atom is 0.275 e. The predicted molar refractivity (Wildman–Crippen MR) is 77.5 cm³/mol. The number of amides is 2. The second kappa shape index (κ2) is 5.96. The highest BCUT2D eigenvalue weighted by atomic mass is 35.5. The molecule has 2 amide bonds. The Morgan fingerprint density at radius 1 is 1.38 bits per heavy atom. The van der Waals surface area contributed by atoms with Gasteiger partial charge in [-0.3, -0.25) is 19.0 Å². The number of carbonyl (C=O) groups excluding carboxylic acids is 2. The van der Waals surface area contributed by atoms with Crippen molar-refractivity contribution < 1.29 is 9.59 Å². The molecular weight excluding hydrogens is 296 g/mol. The highest BCUT2D eigenvalue weighted by Crippen LogP contribution is 2.19. The summed E-state index contributed by atoms with van der Waals surface area (Å²) in [4.78, 5) is 24.0. The van der Waals surface area contributed by atoms with Crippen molar-refractivity contribution in [1.82, 2.24) is 24.9 Å². The van der Waals surface area contributed by atoms with E-state index >= 15 is 0 Å². The lowest BCUT2D eigenvalue weighted by atomic mass is 10.3. The normalized spacial score (nSPS) is 10.5. The first-order valence-electron chi connectivity index (χ1n) is 6.26. The first-order chi connectivity index (χ1) is 9.97. The van der Waals surface area contributed by atoms with Crippen LogP contribution in [0.15, 0.2) is 12.4 Å². The van der Waals surface area contributed by atoms with Gasteiger partial charge in [0.2, 0.25) is 0 Å². The molecule has 0 atom stereocenters. The average Bonchev–Trinajstić information content (AvgIpc) is 3.01. The molecule has 0 fully saturated rings. The van der Waals surface area contributed by atoms with Crippen molar-refractivity contribution in [2.75, 3.05) is 12.4 Å². The summed E-state index contributed by atoms with van der Waals surface area (Å²) in [6.45, 7) is 2.45. The van der Waals surface area contributed by atoms with Crippen LogP contribution < -0.4 is 10.6 Å². The number of halogens is 1. The second-order valence-corrected chi connectivity index (χ2v) is 4.65. The number of aryl methyl sites for hydroxylation is 2. The molecule has 0 aliphatic heterocycles. The third-order valence-electron chi connectivity index (χ3n) is 2.89. The van der Waals surface area contributed by atoms with Crippen molar-refractivity contribution in [2.24, 2.45) is 7.05 Å². The molecule has 2 aromatic rings. The molecule has 2 rings (SSSR count). The zero-order chi connectivity index (χ0) is 15.6. The fourth-order valence-corrected chi connectivity index (χ4v) is 2.06. The van der Waals surface area contributed by atoms with Crippen LogP contribution in [0.3, 0.4) is 0 Å². The lowest BCUT2D eigenvalue weighted by Gasteiger charge is -2.05. The molecule has 0 saturated heterocycles. The van der Waals surface area contributed by atoms with Gasteiger partial charge in [0.25, 0.3) is 11.8 Å². The Morgan fingerprint density at radius 3 is 2.62 bits per heavy atom. The van der Waals surface area contributed by atoms with Gasteiger partial charge in [0.15, 0.2) is 5.69 Å². The van der Waals surface area contributed by atoms with Gasteiger partial charge in [-0.05, 0) is 6.92 Å². The Balaban J connectivity index is 2.33. The lowest BCUT2D eigenvalue weighted by Crippen LogP contribution is -2.22.